The fraction of sp³-hybridized carbons (Fsp3) is 0.303. The fourth-order valence-electron chi connectivity index (χ4n) is 6.13. The van der Waals surface area contributed by atoms with Gasteiger partial charge in [-0.2, -0.15) is 10.4 Å². The quantitative estimate of drug-likeness (QED) is 0.294. The lowest BCUT2D eigenvalue weighted by atomic mass is 9.90. The van der Waals surface area contributed by atoms with Crippen LogP contribution in [0.3, 0.4) is 0 Å². The second-order valence-electron chi connectivity index (χ2n) is 11.0. The highest BCUT2D eigenvalue weighted by atomic mass is 19.1. The Hall–Kier alpha value is -4.35. The Bertz CT molecular complexity index is 1550. The van der Waals surface area contributed by atoms with Crippen LogP contribution in [0.1, 0.15) is 63.8 Å². The molecule has 0 spiro atoms. The highest BCUT2D eigenvalue weighted by Gasteiger charge is 2.34. The molecule has 41 heavy (non-hydrogen) atoms. The molecule has 1 unspecified atom stereocenters. The largest absolute Gasteiger partial charge is 0.338 e. The minimum absolute atomic E-state index is 0.0435. The number of amides is 1. The number of carbonyl (C=O) groups is 1. The van der Waals surface area contributed by atoms with Gasteiger partial charge in [0.1, 0.15) is 11.6 Å². The van der Waals surface area contributed by atoms with Crippen LogP contribution in [-0.2, 0) is 6.54 Å². The van der Waals surface area contributed by atoms with E-state index in [-0.39, 0.29) is 29.4 Å². The first-order valence-corrected chi connectivity index (χ1v) is 14.1. The van der Waals surface area contributed by atoms with Gasteiger partial charge in [-0.3, -0.25) is 9.69 Å². The van der Waals surface area contributed by atoms with E-state index in [1.807, 2.05) is 29.2 Å². The molecule has 0 bridgehead atoms. The average Bonchev–Trinajstić information content (AvgIpc) is 3.67. The minimum atomic E-state index is -0.321. The minimum Gasteiger partial charge on any atom is -0.338 e. The standard InChI is InChI=1S/C33H31F2N5O/c34-28-7-5-25(6-8-28)27-15-18-39(22-27)33(41)31-20-37-40(30-11-9-29(35)10-12-30)32(31)26-13-16-38(17-14-26)21-24-3-1-23(19-36)2-4-24/h1-12,20,26-27H,13-18,21-22H2. The van der Waals surface area contributed by atoms with Gasteiger partial charge in [0.25, 0.3) is 5.91 Å². The lowest BCUT2D eigenvalue weighted by Gasteiger charge is -2.33. The van der Waals surface area contributed by atoms with Gasteiger partial charge in [-0.05, 0) is 92.0 Å². The fourth-order valence-corrected chi connectivity index (χ4v) is 6.13. The number of hydrogen-bond acceptors (Lipinski definition) is 4. The second-order valence-corrected chi connectivity index (χ2v) is 11.0. The molecule has 1 amide bonds. The summed E-state index contributed by atoms with van der Waals surface area (Å²) in [5, 5.41) is 13.7. The lowest BCUT2D eigenvalue weighted by Crippen LogP contribution is -2.34. The predicted octanol–water partition coefficient (Wildman–Crippen LogP) is 6.03. The molecular weight excluding hydrogens is 520 g/mol. The highest BCUT2D eigenvalue weighted by Crippen LogP contribution is 2.35. The van der Waals surface area contributed by atoms with E-state index in [2.05, 4.69) is 16.1 Å². The van der Waals surface area contributed by atoms with Crippen molar-refractivity contribution in [1.82, 2.24) is 19.6 Å². The summed E-state index contributed by atoms with van der Waals surface area (Å²) in [5.74, 6) is -0.341. The average molecular weight is 552 g/mol. The Morgan fingerprint density at radius 1 is 0.854 bits per heavy atom. The Kier molecular flexibility index (Phi) is 7.62. The predicted molar refractivity (Wildman–Crippen MR) is 152 cm³/mol. The van der Waals surface area contributed by atoms with Crippen LogP contribution in [0.2, 0.25) is 0 Å². The normalized spacial score (nSPS) is 18.0. The van der Waals surface area contributed by atoms with Crippen LogP contribution in [0.5, 0.6) is 0 Å². The van der Waals surface area contributed by atoms with Crippen molar-refractivity contribution in [1.29, 1.82) is 5.26 Å². The number of hydrogen-bond donors (Lipinski definition) is 0. The monoisotopic (exact) mass is 551 g/mol. The number of piperidine rings is 1. The van der Waals surface area contributed by atoms with Gasteiger partial charge in [0.05, 0.1) is 34.8 Å². The third-order valence-electron chi connectivity index (χ3n) is 8.39. The number of aromatic nitrogens is 2. The van der Waals surface area contributed by atoms with E-state index >= 15 is 0 Å². The molecule has 0 saturated carbocycles. The molecule has 1 atom stereocenters. The molecule has 4 aromatic rings. The first kappa shape index (κ1) is 26.9. The van der Waals surface area contributed by atoms with Crippen molar-refractivity contribution in [2.24, 2.45) is 0 Å². The van der Waals surface area contributed by atoms with Crippen LogP contribution in [0.4, 0.5) is 8.78 Å². The lowest BCUT2D eigenvalue weighted by molar-refractivity contribution is 0.0788. The molecule has 1 aromatic heterocycles. The van der Waals surface area contributed by atoms with Gasteiger partial charge in [0.2, 0.25) is 0 Å². The molecule has 6 nitrogen and oxygen atoms in total. The van der Waals surface area contributed by atoms with Crippen LogP contribution in [-0.4, -0.2) is 51.7 Å². The summed E-state index contributed by atoms with van der Waals surface area (Å²) in [6, 6.07) is 22.6. The molecule has 2 aliphatic heterocycles. The zero-order valence-electron chi connectivity index (χ0n) is 22.7. The Morgan fingerprint density at radius 2 is 1.49 bits per heavy atom. The van der Waals surface area contributed by atoms with E-state index < -0.39 is 0 Å². The van der Waals surface area contributed by atoms with E-state index in [9.17, 15) is 13.6 Å². The van der Waals surface area contributed by atoms with Crippen LogP contribution in [0.15, 0.2) is 79.0 Å². The summed E-state index contributed by atoms with van der Waals surface area (Å²) in [6.45, 7) is 3.74. The molecule has 6 rings (SSSR count). The van der Waals surface area contributed by atoms with Gasteiger partial charge < -0.3 is 4.90 Å². The maximum atomic E-state index is 13.9. The van der Waals surface area contributed by atoms with Gasteiger partial charge in [-0.25, -0.2) is 13.5 Å². The van der Waals surface area contributed by atoms with Gasteiger partial charge in [-0.1, -0.05) is 24.3 Å². The zero-order valence-corrected chi connectivity index (χ0v) is 22.7. The topological polar surface area (TPSA) is 65.2 Å². The van der Waals surface area contributed by atoms with Gasteiger partial charge in [-0.15, -0.1) is 0 Å². The summed E-state index contributed by atoms with van der Waals surface area (Å²) >= 11 is 0. The molecule has 0 radical (unpaired) electrons. The third-order valence-corrected chi connectivity index (χ3v) is 8.39. The molecule has 2 aliphatic rings. The molecular formula is C33H31F2N5O. The van der Waals surface area contributed by atoms with Crippen molar-refractivity contribution in [2.45, 2.75) is 37.6 Å². The molecule has 2 saturated heterocycles. The van der Waals surface area contributed by atoms with Crippen LogP contribution < -0.4 is 0 Å². The molecule has 208 valence electrons. The maximum Gasteiger partial charge on any atom is 0.257 e. The summed E-state index contributed by atoms with van der Waals surface area (Å²) in [7, 11) is 0. The Labute approximate surface area is 238 Å². The van der Waals surface area contributed by atoms with E-state index in [1.54, 1.807) is 35.1 Å². The number of nitrogens with zero attached hydrogens (tertiary/aromatic N) is 5. The van der Waals surface area contributed by atoms with Crippen molar-refractivity contribution < 1.29 is 13.6 Å². The molecule has 3 heterocycles. The van der Waals surface area contributed by atoms with Crippen molar-refractivity contribution in [2.75, 3.05) is 26.2 Å². The van der Waals surface area contributed by atoms with Crippen molar-refractivity contribution in [3.63, 3.8) is 0 Å². The maximum absolute atomic E-state index is 13.9. The summed E-state index contributed by atoms with van der Waals surface area (Å²) in [5.41, 5.74) is 5.06. The first-order valence-electron chi connectivity index (χ1n) is 14.1. The van der Waals surface area contributed by atoms with Crippen molar-refractivity contribution in [3.8, 4) is 11.8 Å². The summed E-state index contributed by atoms with van der Waals surface area (Å²) in [4.78, 5) is 18.2. The Morgan fingerprint density at radius 3 is 2.15 bits per heavy atom. The third kappa shape index (κ3) is 5.77. The summed E-state index contributed by atoms with van der Waals surface area (Å²) in [6.07, 6.45) is 4.21. The van der Waals surface area contributed by atoms with Crippen molar-refractivity contribution >= 4 is 5.91 Å². The first-order chi connectivity index (χ1) is 20.0. The highest BCUT2D eigenvalue weighted by molar-refractivity contribution is 5.95. The molecule has 3 aromatic carbocycles. The van der Waals surface area contributed by atoms with E-state index in [0.717, 1.165) is 55.8 Å². The smallest absolute Gasteiger partial charge is 0.257 e. The molecule has 8 heteroatoms. The number of carbonyl (C=O) groups excluding carboxylic acids is 1. The molecule has 0 aliphatic carbocycles. The number of benzene rings is 3. The number of likely N-dealkylation sites (tertiary alicyclic amines) is 2. The molecule has 2 fully saturated rings. The number of halogens is 2. The van der Waals surface area contributed by atoms with Gasteiger partial charge in [0, 0.05) is 31.5 Å². The van der Waals surface area contributed by atoms with E-state index in [1.165, 1.54) is 29.8 Å². The van der Waals surface area contributed by atoms with E-state index in [0.29, 0.717) is 24.2 Å². The second kappa shape index (κ2) is 11.6. The van der Waals surface area contributed by atoms with Gasteiger partial charge >= 0.3 is 0 Å². The van der Waals surface area contributed by atoms with E-state index in [4.69, 9.17) is 5.26 Å². The van der Waals surface area contributed by atoms with Crippen molar-refractivity contribution in [3.05, 3.63) is 119 Å². The Balaban J connectivity index is 1.22. The summed E-state index contributed by atoms with van der Waals surface area (Å²) < 4.78 is 29.0. The van der Waals surface area contributed by atoms with Crippen LogP contribution in [0.25, 0.3) is 5.69 Å². The van der Waals surface area contributed by atoms with Gasteiger partial charge in [0.15, 0.2) is 0 Å². The SMILES string of the molecule is N#Cc1ccc(CN2CCC(c3c(C(=O)N4CCC(c5ccc(F)cc5)C4)cnn3-c3ccc(F)cc3)CC2)cc1. The number of rotatable bonds is 6. The van der Waals surface area contributed by atoms with Crippen LogP contribution in [0, 0.1) is 23.0 Å². The number of nitriles is 1. The van der Waals surface area contributed by atoms with Crippen LogP contribution >= 0.6 is 0 Å². The molecule has 0 N–H and O–H groups in total. The zero-order chi connectivity index (χ0) is 28.3.